The number of ether oxygens (including phenoxy) is 1. The Morgan fingerprint density at radius 1 is 0.852 bits per heavy atom. The van der Waals surface area contributed by atoms with Gasteiger partial charge in [0.2, 0.25) is 0 Å². The van der Waals surface area contributed by atoms with E-state index < -0.39 is 0 Å². The van der Waals surface area contributed by atoms with Gasteiger partial charge in [0.05, 0.1) is 12.1 Å². The average molecular weight is 361 g/mol. The van der Waals surface area contributed by atoms with Crippen LogP contribution in [0.15, 0.2) is 48.5 Å². The smallest absolute Gasteiger partial charge is 0.162 e. The number of aromatic nitrogens is 2. The molecule has 27 heavy (non-hydrogen) atoms. The molecule has 0 spiro atoms. The van der Waals surface area contributed by atoms with Crippen LogP contribution in [0.3, 0.4) is 0 Å². The Hall–Kier alpha value is -2.62. The summed E-state index contributed by atoms with van der Waals surface area (Å²) in [4.78, 5) is 12.3. The fraction of sp³-hybridized carbons (Fsp3) is 0.391. The number of benzene rings is 2. The highest BCUT2D eigenvalue weighted by Gasteiger charge is 2.16. The van der Waals surface area contributed by atoms with Gasteiger partial charge in [0.1, 0.15) is 11.6 Å². The van der Waals surface area contributed by atoms with E-state index in [1.807, 2.05) is 31.2 Å². The Morgan fingerprint density at radius 2 is 1.56 bits per heavy atom. The van der Waals surface area contributed by atoms with Crippen LogP contribution in [0.25, 0.3) is 22.3 Å². The van der Waals surface area contributed by atoms with Crippen LogP contribution in [0, 0.1) is 0 Å². The quantitative estimate of drug-likeness (QED) is 0.618. The van der Waals surface area contributed by atoms with Crippen molar-refractivity contribution in [1.82, 2.24) is 9.97 Å². The highest BCUT2D eigenvalue weighted by molar-refractivity contribution is 5.91. The van der Waals surface area contributed by atoms with Gasteiger partial charge in [0.15, 0.2) is 5.82 Å². The summed E-state index contributed by atoms with van der Waals surface area (Å²) < 4.78 is 5.56. The largest absolute Gasteiger partial charge is 0.494 e. The molecule has 0 amide bonds. The lowest BCUT2D eigenvalue weighted by molar-refractivity contribution is 0.340. The average Bonchev–Trinajstić information content (AvgIpc) is 2.68. The third-order valence-electron chi connectivity index (χ3n) is 5.16. The van der Waals surface area contributed by atoms with E-state index in [1.165, 1.54) is 32.1 Å². The monoisotopic (exact) mass is 361 g/mol. The molecule has 140 valence electrons. The minimum atomic E-state index is 0.672. The van der Waals surface area contributed by atoms with Gasteiger partial charge in [-0.2, -0.15) is 0 Å². The molecule has 2 heterocycles. The van der Waals surface area contributed by atoms with E-state index in [0.29, 0.717) is 6.61 Å². The highest BCUT2D eigenvalue weighted by Crippen LogP contribution is 2.29. The summed E-state index contributed by atoms with van der Waals surface area (Å²) in [6.07, 6.45) is 6.44. The summed E-state index contributed by atoms with van der Waals surface area (Å²) in [7, 11) is 0. The van der Waals surface area contributed by atoms with Gasteiger partial charge in [0, 0.05) is 24.0 Å². The van der Waals surface area contributed by atoms with Crippen molar-refractivity contribution in [2.75, 3.05) is 24.6 Å². The second-order valence-electron chi connectivity index (χ2n) is 7.10. The Bertz CT molecular complexity index is 884. The maximum atomic E-state index is 5.56. The molecule has 0 atom stereocenters. The predicted molar refractivity (Wildman–Crippen MR) is 111 cm³/mol. The van der Waals surface area contributed by atoms with Gasteiger partial charge in [-0.3, -0.25) is 0 Å². The van der Waals surface area contributed by atoms with E-state index >= 15 is 0 Å². The maximum absolute atomic E-state index is 5.56. The number of hydrogen-bond donors (Lipinski definition) is 0. The maximum Gasteiger partial charge on any atom is 0.162 e. The number of anilines is 1. The predicted octanol–water partition coefficient (Wildman–Crippen LogP) is 5.47. The molecule has 1 aliphatic rings. The van der Waals surface area contributed by atoms with Crippen molar-refractivity contribution in [2.45, 2.75) is 39.0 Å². The van der Waals surface area contributed by atoms with Crippen LogP contribution in [-0.4, -0.2) is 29.7 Å². The molecule has 2 aromatic carbocycles. The number of para-hydroxylation sites is 1. The fourth-order valence-corrected chi connectivity index (χ4v) is 3.76. The summed E-state index contributed by atoms with van der Waals surface area (Å²) in [5.41, 5.74) is 2.03. The normalized spacial score (nSPS) is 15.4. The fourth-order valence-electron chi connectivity index (χ4n) is 3.76. The Kier molecular flexibility index (Phi) is 5.52. The molecule has 0 unspecified atom stereocenters. The number of nitrogens with zero attached hydrogens (tertiary/aromatic N) is 3. The summed E-state index contributed by atoms with van der Waals surface area (Å²) in [5, 5.41) is 1.15. The zero-order chi connectivity index (χ0) is 18.5. The Labute approximate surface area is 161 Å². The van der Waals surface area contributed by atoms with Gasteiger partial charge in [-0.15, -0.1) is 0 Å². The molecule has 0 saturated carbocycles. The number of rotatable bonds is 4. The molecule has 0 bridgehead atoms. The lowest BCUT2D eigenvalue weighted by Gasteiger charge is -2.27. The topological polar surface area (TPSA) is 38.2 Å². The van der Waals surface area contributed by atoms with Gasteiger partial charge >= 0.3 is 0 Å². The third kappa shape index (κ3) is 4.05. The van der Waals surface area contributed by atoms with Crippen LogP contribution in [0.2, 0.25) is 0 Å². The van der Waals surface area contributed by atoms with Gasteiger partial charge < -0.3 is 9.64 Å². The second-order valence-corrected chi connectivity index (χ2v) is 7.10. The first-order valence-electron chi connectivity index (χ1n) is 10.1. The molecule has 1 fully saturated rings. The van der Waals surface area contributed by atoms with Crippen LogP contribution in [-0.2, 0) is 0 Å². The summed E-state index contributed by atoms with van der Waals surface area (Å²) in [6.45, 7) is 4.81. The van der Waals surface area contributed by atoms with Gasteiger partial charge in [-0.1, -0.05) is 31.4 Å². The van der Waals surface area contributed by atoms with Crippen molar-refractivity contribution >= 4 is 16.7 Å². The van der Waals surface area contributed by atoms with Crippen LogP contribution >= 0.6 is 0 Å². The molecule has 4 rings (SSSR count). The molecule has 4 heteroatoms. The van der Waals surface area contributed by atoms with E-state index in [1.54, 1.807) is 0 Å². The second kappa shape index (κ2) is 8.38. The molecular weight excluding hydrogens is 334 g/mol. The molecule has 1 saturated heterocycles. The van der Waals surface area contributed by atoms with Crippen LogP contribution < -0.4 is 9.64 Å². The molecule has 4 nitrogen and oxygen atoms in total. The zero-order valence-electron chi connectivity index (χ0n) is 16.0. The van der Waals surface area contributed by atoms with E-state index in [4.69, 9.17) is 14.7 Å². The summed E-state index contributed by atoms with van der Waals surface area (Å²) >= 11 is 0. The van der Waals surface area contributed by atoms with Crippen molar-refractivity contribution in [3.63, 3.8) is 0 Å². The van der Waals surface area contributed by atoms with Gasteiger partial charge in [0.25, 0.3) is 0 Å². The van der Waals surface area contributed by atoms with Crippen molar-refractivity contribution in [1.29, 1.82) is 0 Å². The van der Waals surface area contributed by atoms with Gasteiger partial charge in [-0.05, 0) is 56.2 Å². The third-order valence-corrected chi connectivity index (χ3v) is 5.16. The molecule has 0 aliphatic carbocycles. The first-order valence-corrected chi connectivity index (χ1v) is 10.1. The van der Waals surface area contributed by atoms with Crippen molar-refractivity contribution in [3.8, 4) is 17.1 Å². The first kappa shape index (κ1) is 17.8. The Morgan fingerprint density at radius 3 is 2.30 bits per heavy atom. The van der Waals surface area contributed by atoms with Crippen LogP contribution in [0.1, 0.15) is 39.0 Å². The molecule has 1 aliphatic heterocycles. The standard InChI is InChI=1S/C23H27N3O/c1-2-27-19-14-12-18(13-15-19)22-24-21-11-7-6-10-20(21)23(25-22)26-16-8-4-3-5-9-17-26/h6-7,10-15H,2-5,8-9,16-17H2,1H3. The molecular formula is C23H27N3O. The molecule has 0 N–H and O–H groups in total. The van der Waals surface area contributed by atoms with E-state index in [2.05, 4.69) is 29.2 Å². The molecule has 1 aromatic heterocycles. The van der Waals surface area contributed by atoms with Crippen molar-refractivity contribution in [3.05, 3.63) is 48.5 Å². The van der Waals surface area contributed by atoms with E-state index in [0.717, 1.165) is 46.9 Å². The zero-order valence-corrected chi connectivity index (χ0v) is 16.0. The molecule has 0 radical (unpaired) electrons. The number of hydrogen-bond acceptors (Lipinski definition) is 4. The molecule has 3 aromatic rings. The lowest BCUT2D eigenvalue weighted by atomic mass is 10.1. The highest BCUT2D eigenvalue weighted by atomic mass is 16.5. The summed E-state index contributed by atoms with van der Waals surface area (Å²) in [6, 6.07) is 16.4. The van der Waals surface area contributed by atoms with Gasteiger partial charge in [-0.25, -0.2) is 9.97 Å². The SMILES string of the molecule is CCOc1ccc(-c2nc(N3CCCCCCC3)c3ccccc3n2)cc1. The van der Waals surface area contributed by atoms with Crippen LogP contribution in [0.5, 0.6) is 5.75 Å². The number of fused-ring (bicyclic) bond motifs is 1. The van der Waals surface area contributed by atoms with E-state index in [-0.39, 0.29) is 0 Å². The first-order chi connectivity index (χ1) is 13.3. The van der Waals surface area contributed by atoms with E-state index in [9.17, 15) is 0 Å². The minimum Gasteiger partial charge on any atom is -0.494 e. The van der Waals surface area contributed by atoms with Crippen molar-refractivity contribution in [2.24, 2.45) is 0 Å². The lowest BCUT2D eigenvalue weighted by Crippen LogP contribution is -2.28. The summed E-state index contributed by atoms with van der Waals surface area (Å²) in [5.74, 6) is 2.74. The Balaban J connectivity index is 1.75. The minimum absolute atomic E-state index is 0.672. The van der Waals surface area contributed by atoms with Crippen LogP contribution in [0.4, 0.5) is 5.82 Å². The van der Waals surface area contributed by atoms with Crippen molar-refractivity contribution < 1.29 is 4.74 Å².